The van der Waals surface area contributed by atoms with E-state index in [1.54, 1.807) is 10.4 Å². The van der Waals surface area contributed by atoms with Crippen molar-refractivity contribution in [2.24, 2.45) is 12.8 Å². The molecule has 2 aromatic heterocycles. The van der Waals surface area contributed by atoms with E-state index in [9.17, 15) is 0 Å². The molecule has 0 saturated heterocycles. The summed E-state index contributed by atoms with van der Waals surface area (Å²) in [4.78, 5) is 2.95. The van der Waals surface area contributed by atoms with E-state index in [1.807, 2.05) is 29.3 Å². The van der Waals surface area contributed by atoms with Crippen molar-refractivity contribution in [3.63, 3.8) is 0 Å². The Morgan fingerprint density at radius 1 is 1.42 bits per heavy atom. The van der Waals surface area contributed by atoms with Gasteiger partial charge in [0.1, 0.15) is 0 Å². The largest absolute Gasteiger partial charge is 0.323 e. The normalized spacial score (nSPS) is 16.3. The van der Waals surface area contributed by atoms with Crippen LogP contribution >= 0.6 is 11.3 Å². The van der Waals surface area contributed by atoms with Gasteiger partial charge in [-0.15, -0.1) is 11.3 Å². The fourth-order valence-electron chi connectivity index (χ4n) is 2.76. The molecule has 0 saturated carbocycles. The van der Waals surface area contributed by atoms with Crippen LogP contribution in [-0.4, -0.2) is 9.78 Å². The summed E-state index contributed by atoms with van der Waals surface area (Å²) in [6.45, 7) is 0. The summed E-state index contributed by atoms with van der Waals surface area (Å²) < 4.78 is 1.85. The minimum absolute atomic E-state index is 0.177. The van der Waals surface area contributed by atoms with Crippen molar-refractivity contribution in [2.45, 2.75) is 44.6 Å². The molecule has 0 aliphatic heterocycles. The SMILES string of the molecule is Cn1cc(CCC(N)c2cc3c(s2)CCCC3)cn1. The maximum absolute atomic E-state index is 6.34. The maximum Gasteiger partial charge on any atom is 0.0521 e. The Labute approximate surface area is 118 Å². The van der Waals surface area contributed by atoms with E-state index in [-0.39, 0.29) is 6.04 Å². The van der Waals surface area contributed by atoms with E-state index in [2.05, 4.69) is 17.4 Å². The van der Waals surface area contributed by atoms with Gasteiger partial charge >= 0.3 is 0 Å². The highest BCUT2D eigenvalue weighted by Gasteiger charge is 2.16. The third-order valence-corrected chi connectivity index (χ3v) is 5.25. The second kappa shape index (κ2) is 5.47. The number of aromatic nitrogens is 2. The molecule has 19 heavy (non-hydrogen) atoms. The highest BCUT2D eigenvalue weighted by atomic mass is 32.1. The summed E-state index contributed by atoms with van der Waals surface area (Å²) in [5.41, 5.74) is 9.18. The predicted octanol–water partition coefficient (Wildman–Crippen LogP) is 2.99. The highest BCUT2D eigenvalue weighted by Crippen LogP contribution is 2.33. The van der Waals surface area contributed by atoms with Crippen LogP contribution in [0.4, 0.5) is 0 Å². The molecule has 2 heterocycles. The van der Waals surface area contributed by atoms with Crippen LogP contribution in [0.2, 0.25) is 0 Å². The third-order valence-electron chi connectivity index (χ3n) is 3.88. The molecule has 1 unspecified atom stereocenters. The predicted molar refractivity (Wildman–Crippen MR) is 79.4 cm³/mol. The number of nitrogens with two attached hydrogens (primary N) is 1. The number of thiophene rings is 1. The molecule has 2 N–H and O–H groups in total. The van der Waals surface area contributed by atoms with Gasteiger partial charge in [0.05, 0.1) is 6.20 Å². The molecular formula is C15H21N3S. The topological polar surface area (TPSA) is 43.8 Å². The average Bonchev–Trinajstić information content (AvgIpc) is 3.01. The van der Waals surface area contributed by atoms with Gasteiger partial charge in [-0.25, -0.2) is 0 Å². The number of hydrogen-bond donors (Lipinski definition) is 1. The molecule has 2 aromatic rings. The van der Waals surface area contributed by atoms with Crippen molar-refractivity contribution in [2.75, 3.05) is 0 Å². The summed E-state index contributed by atoms with van der Waals surface area (Å²) in [6, 6.07) is 2.53. The summed E-state index contributed by atoms with van der Waals surface area (Å²) in [6.07, 6.45) is 11.2. The van der Waals surface area contributed by atoms with E-state index in [4.69, 9.17) is 5.73 Å². The quantitative estimate of drug-likeness (QED) is 0.932. The number of fused-ring (bicyclic) bond motifs is 1. The van der Waals surface area contributed by atoms with Crippen LogP contribution in [0.1, 0.15) is 46.2 Å². The lowest BCUT2D eigenvalue weighted by Crippen LogP contribution is -2.09. The Morgan fingerprint density at radius 3 is 3.00 bits per heavy atom. The molecule has 1 aliphatic carbocycles. The zero-order chi connectivity index (χ0) is 13.2. The summed E-state index contributed by atoms with van der Waals surface area (Å²) in [5.74, 6) is 0. The fourth-order valence-corrected chi connectivity index (χ4v) is 4.06. The van der Waals surface area contributed by atoms with Crippen LogP contribution in [0, 0.1) is 0 Å². The van der Waals surface area contributed by atoms with Crippen LogP contribution in [0.5, 0.6) is 0 Å². The number of hydrogen-bond acceptors (Lipinski definition) is 3. The van der Waals surface area contributed by atoms with Crippen LogP contribution < -0.4 is 5.73 Å². The van der Waals surface area contributed by atoms with Gasteiger partial charge in [0, 0.05) is 29.0 Å². The highest BCUT2D eigenvalue weighted by molar-refractivity contribution is 7.12. The second-order valence-corrected chi connectivity index (χ2v) is 6.64. The van der Waals surface area contributed by atoms with Crippen molar-refractivity contribution in [1.82, 2.24) is 9.78 Å². The average molecular weight is 275 g/mol. The van der Waals surface area contributed by atoms with Gasteiger partial charge in [-0.3, -0.25) is 4.68 Å². The molecule has 3 nitrogen and oxygen atoms in total. The van der Waals surface area contributed by atoms with Gasteiger partial charge in [0.15, 0.2) is 0 Å². The monoisotopic (exact) mass is 275 g/mol. The van der Waals surface area contributed by atoms with E-state index >= 15 is 0 Å². The molecule has 1 atom stereocenters. The number of rotatable bonds is 4. The Balaban J connectivity index is 1.63. The van der Waals surface area contributed by atoms with E-state index in [0.717, 1.165) is 12.8 Å². The molecule has 1 aliphatic rings. The second-order valence-electron chi connectivity index (χ2n) is 5.47. The lowest BCUT2D eigenvalue weighted by atomic mass is 9.98. The molecule has 0 amide bonds. The lowest BCUT2D eigenvalue weighted by Gasteiger charge is -2.08. The van der Waals surface area contributed by atoms with Gasteiger partial charge in [-0.1, -0.05) is 0 Å². The van der Waals surface area contributed by atoms with Crippen molar-refractivity contribution in [3.05, 3.63) is 39.3 Å². The lowest BCUT2D eigenvalue weighted by molar-refractivity contribution is 0.659. The summed E-state index contributed by atoms with van der Waals surface area (Å²) in [7, 11) is 1.96. The molecule has 4 heteroatoms. The zero-order valence-corrected chi connectivity index (χ0v) is 12.2. The molecule has 102 valence electrons. The van der Waals surface area contributed by atoms with E-state index in [1.165, 1.54) is 36.1 Å². The third kappa shape index (κ3) is 2.90. The van der Waals surface area contributed by atoms with Crippen molar-refractivity contribution < 1.29 is 0 Å². The molecule has 0 bridgehead atoms. The van der Waals surface area contributed by atoms with Crippen molar-refractivity contribution >= 4 is 11.3 Å². The number of nitrogens with zero attached hydrogens (tertiary/aromatic N) is 2. The van der Waals surface area contributed by atoms with Gasteiger partial charge in [0.2, 0.25) is 0 Å². The molecule has 3 rings (SSSR count). The standard InChI is InChI=1S/C15H21N3S/c1-18-10-11(9-17-18)6-7-13(16)15-8-12-4-2-3-5-14(12)19-15/h8-10,13H,2-7,16H2,1H3. The van der Waals surface area contributed by atoms with Gasteiger partial charge in [-0.2, -0.15) is 5.10 Å². The molecule has 0 radical (unpaired) electrons. The molecule has 0 spiro atoms. The van der Waals surface area contributed by atoms with Crippen LogP contribution in [-0.2, 0) is 26.3 Å². The molecular weight excluding hydrogens is 254 g/mol. The minimum Gasteiger partial charge on any atom is -0.323 e. The van der Waals surface area contributed by atoms with Crippen LogP contribution in [0.3, 0.4) is 0 Å². The van der Waals surface area contributed by atoms with Crippen LogP contribution in [0.15, 0.2) is 18.5 Å². The van der Waals surface area contributed by atoms with Gasteiger partial charge < -0.3 is 5.73 Å². The van der Waals surface area contributed by atoms with Crippen LogP contribution in [0.25, 0.3) is 0 Å². The van der Waals surface area contributed by atoms with Gasteiger partial charge in [0.25, 0.3) is 0 Å². The summed E-state index contributed by atoms with van der Waals surface area (Å²) >= 11 is 1.94. The van der Waals surface area contributed by atoms with E-state index in [0.29, 0.717) is 0 Å². The molecule has 0 fully saturated rings. The first-order valence-corrected chi connectivity index (χ1v) is 7.88. The van der Waals surface area contributed by atoms with Crippen molar-refractivity contribution in [3.8, 4) is 0 Å². The molecule has 0 aromatic carbocycles. The number of aryl methyl sites for hydroxylation is 4. The Hall–Kier alpha value is -1.13. The Morgan fingerprint density at radius 2 is 2.26 bits per heavy atom. The smallest absolute Gasteiger partial charge is 0.0521 e. The Kier molecular flexibility index (Phi) is 3.71. The van der Waals surface area contributed by atoms with Crippen molar-refractivity contribution in [1.29, 1.82) is 0 Å². The van der Waals surface area contributed by atoms with E-state index < -0.39 is 0 Å². The van der Waals surface area contributed by atoms with Gasteiger partial charge in [-0.05, 0) is 55.7 Å². The first-order chi connectivity index (χ1) is 9.22. The first-order valence-electron chi connectivity index (χ1n) is 7.07. The zero-order valence-electron chi connectivity index (χ0n) is 11.4. The maximum atomic E-state index is 6.34. The first kappa shape index (κ1) is 12.9. The Bertz CT molecular complexity index is 532. The fraction of sp³-hybridized carbons (Fsp3) is 0.533. The summed E-state index contributed by atoms with van der Waals surface area (Å²) in [5, 5.41) is 4.20. The minimum atomic E-state index is 0.177.